The lowest BCUT2D eigenvalue weighted by Crippen LogP contribution is -1.91. The Morgan fingerprint density at radius 1 is 1.46 bits per heavy atom. The number of carbonyl (C=O) groups is 1. The second kappa shape index (κ2) is 6.30. The van der Waals surface area contributed by atoms with E-state index in [0.29, 0.717) is 28.6 Å². The van der Waals surface area contributed by atoms with Crippen LogP contribution in [0.25, 0.3) is 16.5 Å². The van der Waals surface area contributed by atoms with Crippen molar-refractivity contribution in [2.24, 2.45) is 0 Å². The molecule has 0 fully saturated rings. The van der Waals surface area contributed by atoms with Crippen LogP contribution >= 0.6 is 22.9 Å². The smallest absolute Gasteiger partial charge is 0.159 e. The predicted molar refractivity (Wildman–Crippen MR) is 96.6 cm³/mol. The predicted octanol–water partition coefficient (Wildman–Crippen LogP) is 4.58. The molecule has 124 valence electrons. The number of aromatic nitrogens is 1. The van der Waals surface area contributed by atoms with E-state index in [-0.39, 0.29) is 22.4 Å². The molecule has 0 unspecified atom stereocenters. The fourth-order valence-electron chi connectivity index (χ4n) is 2.38. The summed E-state index contributed by atoms with van der Waals surface area (Å²) in [6, 6.07) is 3.02. The quantitative estimate of drug-likeness (QED) is 0.523. The average Bonchev–Trinajstić information content (AvgIpc) is 3.15. The molecule has 0 atom stereocenters. The first-order valence-corrected chi connectivity index (χ1v) is 8.44. The molecule has 0 aliphatic heterocycles. The Bertz CT molecular complexity index is 956. The van der Waals surface area contributed by atoms with Gasteiger partial charge in [0.05, 0.1) is 26.0 Å². The Morgan fingerprint density at radius 3 is 2.83 bits per heavy atom. The number of nitrogen functional groups attached to an aromatic ring is 1. The van der Waals surface area contributed by atoms with Gasteiger partial charge >= 0.3 is 0 Å². The number of halogens is 1. The van der Waals surface area contributed by atoms with Gasteiger partial charge in [-0.1, -0.05) is 25.4 Å². The van der Waals surface area contributed by atoms with Crippen LogP contribution in [0.4, 0.5) is 5.69 Å². The number of hydrogen-bond donors (Lipinski definition) is 2. The fourth-order valence-corrected chi connectivity index (χ4v) is 3.58. The van der Waals surface area contributed by atoms with E-state index >= 15 is 0 Å². The average molecular weight is 363 g/mol. The number of benzene rings is 1. The Morgan fingerprint density at radius 2 is 2.21 bits per heavy atom. The van der Waals surface area contributed by atoms with Crippen molar-refractivity contribution in [1.82, 2.24) is 4.98 Å². The van der Waals surface area contributed by atoms with Gasteiger partial charge in [-0.05, 0) is 18.2 Å². The van der Waals surface area contributed by atoms with Crippen LogP contribution < -0.4 is 5.73 Å². The maximum Gasteiger partial charge on any atom is 0.159 e. The molecule has 0 bridgehead atoms. The first kappa shape index (κ1) is 16.5. The summed E-state index contributed by atoms with van der Waals surface area (Å²) in [4.78, 5) is 16.3. The molecule has 2 heterocycles. The summed E-state index contributed by atoms with van der Waals surface area (Å²) in [7, 11) is 0. The number of carbonyl (C=O) groups excluding carboxylic acids is 1. The summed E-state index contributed by atoms with van der Waals surface area (Å²) in [5.41, 5.74) is 7.44. The highest BCUT2D eigenvalue weighted by atomic mass is 35.5. The molecule has 24 heavy (non-hydrogen) atoms. The molecule has 3 N–H and O–H groups in total. The standard InChI is InChI=1S/C17H15ClN2O3S/c1-8(2)17-20-7-12(24-17)9(5-6-21)16-15(19)13-11(23-16)4-3-10(22)14(13)18/h3-8,22H,19H2,1-2H3/b9-5-. The number of aldehydes is 1. The van der Waals surface area contributed by atoms with Crippen molar-refractivity contribution in [3.8, 4) is 5.75 Å². The Balaban J connectivity index is 2.21. The maximum atomic E-state index is 11.1. The highest BCUT2D eigenvalue weighted by Crippen LogP contribution is 2.43. The Kier molecular flexibility index (Phi) is 4.34. The van der Waals surface area contributed by atoms with Crippen LogP contribution in [0.2, 0.25) is 5.02 Å². The van der Waals surface area contributed by atoms with Crippen molar-refractivity contribution < 1.29 is 14.3 Å². The molecule has 7 heteroatoms. The lowest BCUT2D eigenvalue weighted by atomic mass is 10.1. The molecule has 2 aromatic heterocycles. The van der Waals surface area contributed by atoms with Crippen molar-refractivity contribution in [3.63, 3.8) is 0 Å². The van der Waals surface area contributed by atoms with Gasteiger partial charge in [0, 0.05) is 17.7 Å². The molecule has 5 nitrogen and oxygen atoms in total. The lowest BCUT2D eigenvalue weighted by Gasteiger charge is -2.02. The van der Waals surface area contributed by atoms with E-state index < -0.39 is 0 Å². The Labute approximate surface area is 147 Å². The summed E-state index contributed by atoms with van der Waals surface area (Å²) in [5.74, 6) is 0.535. The number of allylic oxidation sites excluding steroid dienone is 1. The summed E-state index contributed by atoms with van der Waals surface area (Å²) in [6.45, 7) is 4.09. The van der Waals surface area contributed by atoms with Crippen LogP contribution in [0.15, 0.2) is 28.8 Å². The van der Waals surface area contributed by atoms with E-state index in [9.17, 15) is 9.90 Å². The number of phenolic OH excluding ortho intramolecular Hbond substituents is 1. The van der Waals surface area contributed by atoms with Crippen LogP contribution in [0.5, 0.6) is 5.75 Å². The molecule has 0 aliphatic rings. The third-order valence-electron chi connectivity index (χ3n) is 3.57. The molecule has 0 spiro atoms. The minimum atomic E-state index is -0.0796. The van der Waals surface area contributed by atoms with Crippen molar-refractivity contribution in [2.75, 3.05) is 5.73 Å². The minimum Gasteiger partial charge on any atom is -0.506 e. The van der Waals surface area contributed by atoms with Gasteiger partial charge in [-0.2, -0.15) is 0 Å². The molecule has 0 saturated carbocycles. The normalized spacial score (nSPS) is 12.2. The first-order chi connectivity index (χ1) is 11.4. The van der Waals surface area contributed by atoms with Crippen LogP contribution in [0, 0.1) is 0 Å². The van der Waals surface area contributed by atoms with E-state index in [1.54, 1.807) is 12.3 Å². The van der Waals surface area contributed by atoms with Crippen LogP contribution in [0.3, 0.4) is 0 Å². The van der Waals surface area contributed by atoms with Crippen LogP contribution in [-0.2, 0) is 4.79 Å². The largest absolute Gasteiger partial charge is 0.506 e. The highest BCUT2D eigenvalue weighted by molar-refractivity contribution is 7.12. The molecule has 0 radical (unpaired) electrons. The van der Waals surface area contributed by atoms with Crippen molar-refractivity contribution >= 4 is 51.5 Å². The maximum absolute atomic E-state index is 11.1. The molecular formula is C17H15ClN2O3S. The molecule has 1 aromatic carbocycles. The van der Waals surface area contributed by atoms with Gasteiger partial charge in [-0.3, -0.25) is 4.79 Å². The topological polar surface area (TPSA) is 89.3 Å². The van der Waals surface area contributed by atoms with Gasteiger partial charge in [-0.15, -0.1) is 11.3 Å². The number of furan rings is 1. The first-order valence-electron chi connectivity index (χ1n) is 7.25. The second-order valence-electron chi connectivity index (χ2n) is 5.55. The van der Waals surface area contributed by atoms with Gasteiger partial charge in [0.15, 0.2) is 5.76 Å². The number of anilines is 1. The molecule has 3 rings (SSSR count). The number of hydrogen-bond acceptors (Lipinski definition) is 6. The third-order valence-corrected chi connectivity index (χ3v) is 5.29. The van der Waals surface area contributed by atoms with Crippen LogP contribution in [0.1, 0.15) is 35.4 Å². The number of nitrogens with zero attached hydrogens (tertiary/aromatic N) is 1. The lowest BCUT2D eigenvalue weighted by molar-refractivity contribution is -0.104. The summed E-state index contributed by atoms with van der Waals surface area (Å²) in [5, 5.41) is 11.3. The van der Waals surface area contributed by atoms with Gasteiger partial charge in [-0.25, -0.2) is 4.98 Å². The minimum absolute atomic E-state index is 0.0796. The molecule has 0 aliphatic carbocycles. The zero-order valence-corrected chi connectivity index (χ0v) is 14.6. The number of nitrogens with two attached hydrogens (primary N) is 1. The Hall–Kier alpha value is -2.31. The van der Waals surface area contributed by atoms with E-state index in [0.717, 1.165) is 9.88 Å². The van der Waals surface area contributed by atoms with E-state index in [1.807, 2.05) is 13.8 Å². The number of phenols is 1. The highest BCUT2D eigenvalue weighted by Gasteiger charge is 2.22. The van der Waals surface area contributed by atoms with Gasteiger partial charge in [0.1, 0.15) is 17.6 Å². The van der Waals surface area contributed by atoms with Crippen molar-refractivity contribution in [2.45, 2.75) is 19.8 Å². The summed E-state index contributed by atoms with van der Waals surface area (Å²) in [6.07, 6.45) is 3.76. The molecule has 3 aromatic rings. The number of rotatable bonds is 4. The van der Waals surface area contributed by atoms with Crippen molar-refractivity contribution in [1.29, 1.82) is 0 Å². The SMILES string of the molecule is CC(C)c1ncc(/C(=C/C=O)c2oc3ccc(O)c(Cl)c3c2N)s1. The zero-order valence-electron chi connectivity index (χ0n) is 13.0. The van der Waals surface area contributed by atoms with Crippen molar-refractivity contribution in [3.05, 3.63) is 45.1 Å². The third kappa shape index (κ3) is 2.68. The van der Waals surface area contributed by atoms with E-state index in [1.165, 1.54) is 23.5 Å². The van der Waals surface area contributed by atoms with E-state index in [2.05, 4.69) is 4.98 Å². The molecule has 0 amide bonds. The molecule has 0 saturated heterocycles. The molecular weight excluding hydrogens is 348 g/mol. The number of fused-ring (bicyclic) bond motifs is 1. The fraction of sp³-hybridized carbons (Fsp3) is 0.176. The van der Waals surface area contributed by atoms with Gasteiger partial charge in [0.25, 0.3) is 0 Å². The van der Waals surface area contributed by atoms with Gasteiger partial charge in [0.2, 0.25) is 0 Å². The number of aromatic hydroxyl groups is 1. The summed E-state index contributed by atoms with van der Waals surface area (Å²) < 4.78 is 5.80. The zero-order chi connectivity index (χ0) is 17.4. The van der Waals surface area contributed by atoms with Crippen LogP contribution in [-0.4, -0.2) is 16.4 Å². The second-order valence-corrected chi connectivity index (χ2v) is 6.99. The summed E-state index contributed by atoms with van der Waals surface area (Å²) >= 11 is 7.60. The monoisotopic (exact) mass is 362 g/mol. The number of thiazole rings is 1. The van der Waals surface area contributed by atoms with Gasteiger partial charge < -0.3 is 15.3 Å². The van der Waals surface area contributed by atoms with E-state index in [4.69, 9.17) is 21.8 Å².